The van der Waals surface area contributed by atoms with Crippen LogP contribution in [0.2, 0.25) is 0 Å². The van der Waals surface area contributed by atoms with Crippen LogP contribution in [0.1, 0.15) is 32.1 Å². The molecule has 0 aromatic heterocycles. The van der Waals surface area contributed by atoms with Gasteiger partial charge in [0, 0.05) is 12.0 Å². The van der Waals surface area contributed by atoms with Gasteiger partial charge < -0.3 is 5.73 Å². The largest absolute Gasteiger partial charge is 0.370 e. The van der Waals surface area contributed by atoms with E-state index in [0.29, 0.717) is 6.42 Å². The molecule has 1 amide bonds. The van der Waals surface area contributed by atoms with Gasteiger partial charge in [0.15, 0.2) is 0 Å². The SMILES string of the molecule is NC(=O)CC12CCCN1CCC2. The van der Waals surface area contributed by atoms with Gasteiger partial charge in [-0.15, -0.1) is 0 Å². The second kappa shape index (κ2) is 2.73. The molecule has 2 aliphatic heterocycles. The van der Waals surface area contributed by atoms with E-state index in [2.05, 4.69) is 4.90 Å². The van der Waals surface area contributed by atoms with Crippen molar-refractivity contribution < 1.29 is 4.79 Å². The standard InChI is InChI=1S/C9H16N2O/c10-8(12)7-9-3-1-5-11(9)6-2-4-9/h1-7H2,(H2,10,12). The lowest BCUT2D eigenvalue weighted by Crippen LogP contribution is -2.41. The summed E-state index contributed by atoms with van der Waals surface area (Å²) in [5.41, 5.74) is 5.44. The number of hydrogen-bond donors (Lipinski definition) is 1. The summed E-state index contributed by atoms with van der Waals surface area (Å²) >= 11 is 0. The molecular weight excluding hydrogens is 152 g/mol. The normalized spacial score (nSPS) is 27.3. The van der Waals surface area contributed by atoms with E-state index in [1.165, 1.54) is 38.8 Å². The zero-order chi connectivity index (χ0) is 8.60. The number of nitrogens with two attached hydrogens (primary N) is 1. The van der Waals surface area contributed by atoms with Crippen molar-refractivity contribution in [2.75, 3.05) is 13.1 Å². The van der Waals surface area contributed by atoms with Crippen molar-refractivity contribution >= 4 is 5.91 Å². The van der Waals surface area contributed by atoms with Gasteiger partial charge in [-0.05, 0) is 38.8 Å². The molecule has 2 saturated heterocycles. The first-order chi connectivity index (χ1) is 5.73. The van der Waals surface area contributed by atoms with E-state index in [9.17, 15) is 4.79 Å². The molecule has 2 fully saturated rings. The lowest BCUT2D eigenvalue weighted by Gasteiger charge is -2.30. The highest BCUT2D eigenvalue weighted by molar-refractivity contribution is 5.75. The summed E-state index contributed by atoms with van der Waals surface area (Å²) in [7, 11) is 0. The van der Waals surface area contributed by atoms with Crippen molar-refractivity contribution in [1.29, 1.82) is 0 Å². The van der Waals surface area contributed by atoms with Gasteiger partial charge in [0.2, 0.25) is 5.91 Å². The summed E-state index contributed by atoms with van der Waals surface area (Å²) in [4.78, 5) is 13.3. The van der Waals surface area contributed by atoms with Crippen LogP contribution in [0, 0.1) is 0 Å². The smallest absolute Gasteiger partial charge is 0.219 e. The molecular formula is C9H16N2O. The number of rotatable bonds is 2. The molecule has 0 spiro atoms. The van der Waals surface area contributed by atoms with Crippen molar-refractivity contribution in [3.05, 3.63) is 0 Å². The highest BCUT2D eigenvalue weighted by Crippen LogP contribution is 2.40. The second-order valence-corrected chi connectivity index (χ2v) is 4.06. The Kier molecular flexibility index (Phi) is 1.83. The lowest BCUT2D eigenvalue weighted by molar-refractivity contribution is -0.120. The van der Waals surface area contributed by atoms with E-state index in [1.54, 1.807) is 0 Å². The molecule has 0 bridgehead atoms. The van der Waals surface area contributed by atoms with Gasteiger partial charge in [-0.3, -0.25) is 9.69 Å². The summed E-state index contributed by atoms with van der Waals surface area (Å²) in [5.74, 6) is -0.135. The molecule has 0 aromatic rings. The Morgan fingerprint density at radius 2 is 1.92 bits per heavy atom. The monoisotopic (exact) mass is 168 g/mol. The van der Waals surface area contributed by atoms with Crippen molar-refractivity contribution in [2.45, 2.75) is 37.6 Å². The number of carbonyl (C=O) groups is 1. The van der Waals surface area contributed by atoms with Crippen molar-refractivity contribution in [3.63, 3.8) is 0 Å². The Hall–Kier alpha value is -0.570. The van der Waals surface area contributed by atoms with Crippen LogP contribution in [0.15, 0.2) is 0 Å². The third-order valence-electron chi connectivity index (χ3n) is 3.31. The molecule has 2 rings (SSSR count). The fraction of sp³-hybridized carbons (Fsp3) is 0.889. The fourth-order valence-electron chi connectivity index (χ4n) is 2.84. The second-order valence-electron chi connectivity index (χ2n) is 4.06. The van der Waals surface area contributed by atoms with Gasteiger partial charge in [-0.1, -0.05) is 0 Å². The number of primary amides is 1. The molecule has 0 atom stereocenters. The third-order valence-corrected chi connectivity index (χ3v) is 3.31. The van der Waals surface area contributed by atoms with Crippen LogP contribution in [0.25, 0.3) is 0 Å². The molecule has 3 nitrogen and oxygen atoms in total. The van der Waals surface area contributed by atoms with Gasteiger partial charge >= 0.3 is 0 Å². The van der Waals surface area contributed by atoms with Crippen molar-refractivity contribution in [2.24, 2.45) is 5.73 Å². The summed E-state index contributed by atoms with van der Waals surface area (Å²) in [6.45, 7) is 2.35. The van der Waals surface area contributed by atoms with E-state index in [0.717, 1.165) is 0 Å². The number of fused-ring (bicyclic) bond motifs is 1. The molecule has 0 unspecified atom stereocenters. The Balaban J connectivity index is 2.11. The molecule has 2 aliphatic rings. The average molecular weight is 168 g/mol. The summed E-state index contributed by atoms with van der Waals surface area (Å²) < 4.78 is 0. The van der Waals surface area contributed by atoms with Crippen LogP contribution in [0.4, 0.5) is 0 Å². The average Bonchev–Trinajstić information content (AvgIpc) is 2.42. The topological polar surface area (TPSA) is 46.3 Å². The first-order valence-electron chi connectivity index (χ1n) is 4.76. The van der Waals surface area contributed by atoms with Gasteiger partial charge in [0.25, 0.3) is 0 Å². The van der Waals surface area contributed by atoms with Crippen LogP contribution in [0.3, 0.4) is 0 Å². The Morgan fingerprint density at radius 3 is 2.42 bits per heavy atom. The zero-order valence-corrected chi connectivity index (χ0v) is 7.38. The first-order valence-corrected chi connectivity index (χ1v) is 4.76. The minimum atomic E-state index is -0.135. The quantitative estimate of drug-likeness (QED) is 0.652. The van der Waals surface area contributed by atoms with Crippen LogP contribution < -0.4 is 5.73 Å². The van der Waals surface area contributed by atoms with Crippen LogP contribution in [-0.2, 0) is 4.79 Å². The first kappa shape index (κ1) is 8.05. The summed E-state index contributed by atoms with van der Waals surface area (Å²) in [6, 6.07) is 0. The minimum absolute atomic E-state index is 0.135. The zero-order valence-electron chi connectivity index (χ0n) is 7.38. The van der Waals surface area contributed by atoms with Gasteiger partial charge in [-0.2, -0.15) is 0 Å². The number of hydrogen-bond acceptors (Lipinski definition) is 2. The molecule has 2 heterocycles. The maximum atomic E-state index is 10.9. The van der Waals surface area contributed by atoms with Crippen molar-refractivity contribution in [3.8, 4) is 0 Å². The Bertz CT molecular complexity index is 193. The minimum Gasteiger partial charge on any atom is -0.370 e. The van der Waals surface area contributed by atoms with E-state index in [1.807, 2.05) is 0 Å². The lowest BCUT2D eigenvalue weighted by atomic mass is 9.90. The van der Waals surface area contributed by atoms with E-state index >= 15 is 0 Å². The molecule has 68 valence electrons. The number of carbonyl (C=O) groups excluding carboxylic acids is 1. The molecule has 0 radical (unpaired) electrons. The van der Waals surface area contributed by atoms with Crippen LogP contribution in [-0.4, -0.2) is 29.4 Å². The molecule has 0 saturated carbocycles. The fourth-order valence-corrected chi connectivity index (χ4v) is 2.84. The van der Waals surface area contributed by atoms with Gasteiger partial charge in [-0.25, -0.2) is 0 Å². The van der Waals surface area contributed by atoms with Crippen molar-refractivity contribution in [1.82, 2.24) is 4.90 Å². The molecule has 12 heavy (non-hydrogen) atoms. The van der Waals surface area contributed by atoms with E-state index < -0.39 is 0 Å². The molecule has 0 aliphatic carbocycles. The van der Waals surface area contributed by atoms with Gasteiger partial charge in [0.1, 0.15) is 0 Å². The predicted octanol–water partition coefficient (Wildman–Crippen LogP) is 0.490. The number of nitrogens with zero attached hydrogens (tertiary/aromatic N) is 1. The highest BCUT2D eigenvalue weighted by Gasteiger charge is 2.44. The van der Waals surface area contributed by atoms with Gasteiger partial charge in [0.05, 0.1) is 0 Å². The van der Waals surface area contributed by atoms with E-state index in [4.69, 9.17) is 5.73 Å². The van der Waals surface area contributed by atoms with Crippen LogP contribution >= 0.6 is 0 Å². The highest BCUT2D eigenvalue weighted by atomic mass is 16.1. The predicted molar refractivity (Wildman–Crippen MR) is 46.6 cm³/mol. The molecule has 3 heteroatoms. The Labute approximate surface area is 72.9 Å². The van der Waals surface area contributed by atoms with E-state index in [-0.39, 0.29) is 11.4 Å². The molecule has 2 N–H and O–H groups in total. The Morgan fingerprint density at radius 1 is 1.33 bits per heavy atom. The third kappa shape index (κ3) is 1.12. The molecule has 0 aromatic carbocycles. The van der Waals surface area contributed by atoms with Crippen LogP contribution in [0.5, 0.6) is 0 Å². The summed E-state index contributed by atoms with van der Waals surface area (Å²) in [6.07, 6.45) is 5.42. The number of amides is 1. The maximum Gasteiger partial charge on any atom is 0.219 e. The summed E-state index contributed by atoms with van der Waals surface area (Å²) in [5, 5.41) is 0. The maximum absolute atomic E-state index is 10.9.